The highest BCUT2D eigenvalue weighted by molar-refractivity contribution is 5.68. The van der Waals surface area contributed by atoms with Gasteiger partial charge >= 0.3 is 5.69 Å². The quantitative estimate of drug-likeness (QED) is 0.0260. The molecule has 384 valence electrons. The number of hydrogen-bond acceptors (Lipinski definition) is 11. The maximum absolute atomic E-state index is 12.0. The summed E-state index contributed by atoms with van der Waals surface area (Å²) in [6.45, 7) is 22.0. The molecule has 0 heterocycles. The third kappa shape index (κ3) is 23.0. The molecule has 3 atom stereocenters. The van der Waals surface area contributed by atoms with E-state index in [4.69, 9.17) is 19.7 Å². The molecule has 3 aromatic rings. The number of nitrogens with one attached hydrogen (secondary N) is 1. The topological polar surface area (TPSA) is 166 Å². The summed E-state index contributed by atoms with van der Waals surface area (Å²) in [4.78, 5) is 22.1. The van der Waals surface area contributed by atoms with E-state index < -0.39 is 21.2 Å². The Bertz CT molecular complexity index is 2020. The predicted octanol–water partition coefficient (Wildman–Crippen LogP) is 19.3. The van der Waals surface area contributed by atoms with E-state index in [0.717, 1.165) is 100 Å². The minimum absolute atomic E-state index is 0.120. The van der Waals surface area contributed by atoms with Crippen molar-refractivity contribution in [3.8, 4) is 11.5 Å². The fourth-order valence-electron chi connectivity index (χ4n) is 8.79. The number of nitro groups is 2. The Labute approximate surface area is 415 Å². The lowest BCUT2D eigenvalue weighted by atomic mass is 9.84. The van der Waals surface area contributed by atoms with Crippen LogP contribution in [0.15, 0.2) is 69.0 Å². The molecule has 0 saturated heterocycles. The maximum atomic E-state index is 12.0. The van der Waals surface area contributed by atoms with Crippen LogP contribution in [0.1, 0.15) is 203 Å². The molecule has 3 rings (SSSR count). The SMILES string of the molecule is CCCCCCCCCCCCCc1cc(NCCC(C)CC(C)(C)C)ccc1N=Nc1cc(OCC(CC)CCCC)c(N=Nc2ccc([N+](=O)[O-])cc2[N+](=O)[O-])cc1OCC(CC)CCCC. The summed E-state index contributed by atoms with van der Waals surface area (Å²) in [7, 11) is 0. The summed E-state index contributed by atoms with van der Waals surface area (Å²) < 4.78 is 13.2. The van der Waals surface area contributed by atoms with Crippen LogP contribution in [-0.4, -0.2) is 29.6 Å². The van der Waals surface area contributed by atoms with Crippen molar-refractivity contribution in [2.24, 2.45) is 43.6 Å². The zero-order valence-electron chi connectivity index (χ0n) is 44.2. The first kappa shape index (κ1) is 58.4. The van der Waals surface area contributed by atoms with Crippen molar-refractivity contribution < 1.29 is 19.3 Å². The van der Waals surface area contributed by atoms with E-state index in [-0.39, 0.29) is 5.69 Å². The van der Waals surface area contributed by atoms with Gasteiger partial charge in [0.05, 0.1) is 34.8 Å². The van der Waals surface area contributed by atoms with Crippen molar-refractivity contribution in [2.45, 2.75) is 204 Å². The van der Waals surface area contributed by atoms with Crippen LogP contribution in [-0.2, 0) is 6.42 Å². The Kier molecular flexibility index (Phi) is 27.7. The average Bonchev–Trinajstić information content (AvgIpc) is 3.32. The van der Waals surface area contributed by atoms with Crippen LogP contribution in [0.5, 0.6) is 11.5 Å². The fraction of sp³-hybridized carbons (Fsp3) is 0.679. The molecule has 0 aromatic heterocycles. The summed E-state index contributed by atoms with van der Waals surface area (Å²) in [5.74, 6) is 2.06. The maximum Gasteiger partial charge on any atom is 0.303 e. The second-order valence-electron chi connectivity index (χ2n) is 20.5. The second-order valence-corrected chi connectivity index (χ2v) is 20.5. The number of benzene rings is 3. The highest BCUT2D eigenvalue weighted by Gasteiger charge is 2.22. The molecule has 13 nitrogen and oxygen atoms in total. The van der Waals surface area contributed by atoms with E-state index in [1.54, 1.807) is 12.1 Å². The van der Waals surface area contributed by atoms with Gasteiger partial charge < -0.3 is 14.8 Å². The summed E-state index contributed by atoms with van der Waals surface area (Å²) in [5.41, 5.74) is 3.06. The largest absolute Gasteiger partial charge is 0.491 e. The highest BCUT2D eigenvalue weighted by atomic mass is 16.6. The minimum Gasteiger partial charge on any atom is -0.491 e. The number of hydrogen-bond donors (Lipinski definition) is 1. The molecule has 0 fully saturated rings. The molecular weight excluding hydrogens is 867 g/mol. The van der Waals surface area contributed by atoms with Crippen molar-refractivity contribution >= 4 is 39.8 Å². The number of rotatable bonds is 37. The standard InChI is InChI=1S/C56H89N7O6/c1-10-15-18-19-20-21-22-23-24-25-26-29-46-36-47(57-35-34-43(6)40-56(7,8)9)30-32-49(46)58-60-51-38-55(69-42-45(14-5)28-17-12-3)52(39-54(51)68-41-44(13-4)27-16-11-2)61-59-50-33-31-48(62(64)65)37-53(50)63(66)67/h30-33,36-39,43-45,57H,10-29,34-35,40-42H2,1-9H3. The third-order valence-electron chi connectivity index (χ3n) is 13.0. The zero-order chi connectivity index (χ0) is 50.4. The van der Waals surface area contributed by atoms with Crippen LogP contribution in [0.3, 0.4) is 0 Å². The Hall–Kier alpha value is -4.94. The molecule has 0 bridgehead atoms. The second kappa shape index (κ2) is 32.8. The Morgan fingerprint density at radius 2 is 1.07 bits per heavy atom. The number of unbranched alkanes of at least 4 members (excludes halogenated alkanes) is 12. The van der Waals surface area contributed by atoms with E-state index in [0.29, 0.717) is 59.3 Å². The summed E-state index contributed by atoms with van der Waals surface area (Å²) in [6, 6.07) is 13.2. The van der Waals surface area contributed by atoms with E-state index in [1.165, 1.54) is 82.8 Å². The molecule has 3 aromatic carbocycles. The molecule has 0 amide bonds. The van der Waals surface area contributed by atoms with Gasteiger partial charge in [-0.15, -0.1) is 15.3 Å². The lowest BCUT2D eigenvalue weighted by Gasteiger charge is -2.23. The molecule has 0 aliphatic carbocycles. The summed E-state index contributed by atoms with van der Waals surface area (Å²) in [6.07, 6.45) is 25.5. The summed E-state index contributed by atoms with van der Waals surface area (Å²) in [5, 5.41) is 45.8. The first-order chi connectivity index (χ1) is 33.2. The van der Waals surface area contributed by atoms with Crippen molar-refractivity contribution in [1.29, 1.82) is 0 Å². The molecule has 0 saturated carbocycles. The van der Waals surface area contributed by atoms with Crippen molar-refractivity contribution in [3.63, 3.8) is 0 Å². The van der Waals surface area contributed by atoms with Crippen molar-refractivity contribution in [3.05, 3.63) is 74.3 Å². The first-order valence-corrected chi connectivity index (χ1v) is 26.8. The molecule has 0 spiro atoms. The van der Waals surface area contributed by atoms with Crippen LogP contribution < -0.4 is 14.8 Å². The van der Waals surface area contributed by atoms with Crippen molar-refractivity contribution in [2.75, 3.05) is 25.1 Å². The number of anilines is 1. The van der Waals surface area contributed by atoms with Gasteiger partial charge in [-0.3, -0.25) is 20.2 Å². The van der Waals surface area contributed by atoms with Crippen molar-refractivity contribution in [1.82, 2.24) is 0 Å². The van der Waals surface area contributed by atoms with Gasteiger partial charge in [0.2, 0.25) is 0 Å². The van der Waals surface area contributed by atoms with Gasteiger partial charge in [0.15, 0.2) is 5.69 Å². The lowest BCUT2D eigenvalue weighted by molar-refractivity contribution is -0.393. The van der Waals surface area contributed by atoms with Gasteiger partial charge in [0, 0.05) is 30.4 Å². The Morgan fingerprint density at radius 3 is 1.57 bits per heavy atom. The van der Waals surface area contributed by atoms with E-state index >= 15 is 0 Å². The number of aryl methyl sites for hydroxylation is 1. The highest BCUT2D eigenvalue weighted by Crippen LogP contribution is 2.43. The van der Waals surface area contributed by atoms with Crippen LogP contribution in [0.25, 0.3) is 0 Å². The average molecular weight is 956 g/mol. The monoisotopic (exact) mass is 956 g/mol. The molecule has 1 N–H and O–H groups in total. The van der Waals surface area contributed by atoms with E-state index in [1.807, 2.05) is 0 Å². The predicted molar refractivity (Wildman–Crippen MR) is 285 cm³/mol. The zero-order valence-corrected chi connectivity index (χ0v) is 44.2. The fourth-order valence-corrected chi connectivity index (χ4v) is 8.79. The van der Waals surface area contributed by atoms with Crippen LogP contribution >= 0.6 is 0 Å². The molecule has 0 aliphatic rings. The lowest BCUT2D eigenvalue weighted by Crippen LogP contribution is -2.14. The third-order valence-corrected chi connectivity index (χ3v) is 13.0. The molecule has 0 radical (unpaired) electrons. The smallest absolute Gasteiger partial charge is 0.303 e. The Balaban J connectivity index is 2.07. The molecule has 3 unspecified atom stereocenters. The van der Waals surface area contributed by atoms with E-state index in [9.17, 15) is 20.2 Å². The van der Waals surface area contributed by atoms with Gasteiger partial charge in [-0.2, -0.15) is 5.11 Å². The number of ether oxygens (including phenoxy) is 2. The number of nitrogens with zero attached hydrogens (tertiary/aromatic N) is 6. The number of nitro benzene ring substituents is 2. The number of non-ortho nitro benzene ring substituents is 1. The normalized spacial score (nSPS) is 13.2. The van der Waals surface area contributed by atoms with Gasteiger partial charge in [-0.1, -0.05) is 165 Å². The first-order valence-electron chi connectivity index (χ1n) is 26.8. The summed E-state index contributed by atoms with van der Waals surface area (Å²) >= 11 is 0. The Morgan fingerprint density at radius 1 is 0.580 bits per heavy atom. The van der Waals surface area contributed by atoms with Gasteiger partial charge in [0.1, 0.15) is 22.9 Å². The van der Waals surface area contributed by atoms with Crippen LogP contribution in [0.2, 0.25) is 0 Å². The molecule has 69 heavy (non-hydrogen) atoms. The molecule has 0 aliphatic heterocycles. The molecule has 13 heteroatoms. The van der Waals surface area contributed by atoms with Crippen LogP contribution in [0, 0.1) is 43.4 Å². The molecular formula is C56H89N7O6. The van der Waals surface area contributed by atoms with E-state index in [2.05, 4.69) is 96.1 Å². The number of azo groups is 2. The van der Waals surface area contributed by atoms with Crippen LogP contribution in [0.4, 0.5) is 39.8 Å². The van der Waals surface area contributed by atoms with Gasteiger partial charge in [0.25, 0.3) is 5.69 Å². The minimum atomic E-state index is -0.694. The van der Waals surface area contributed by atoms with Gasteiger partial charge in [-0.25, -0.2) is 0 Å². The van der Waals surface area contributed by atoms with Gasteiger partial charge in [-0.05, 0) is 91.5 Å².